The number of halogens is 2. The van der Waals surface area contributed by atoms with E-state index in [2.05, 4.69) is 55.5 Å². The maximum Gasteiger partial charge on any atom is 0.200 e. The normalized spacial score (nSPS) is 23.6. The first kappa shape index (κ1) is 28.8. The van der Waals surface area contributed by atoms with Crippen LogP contribution >= 0.6 is 0 Å². The number of rotatable bonds is 10. The lowest BCUT2D eigenvalue weighted by Gasteiger charge is -2.29. The van der Waals surface area contributed by atoms with Gasteiger partial charge in [0.25, 0.3) is 0 Å². The van der Waals surface area contributed by atoms with Crippen LogP contribution in [0.1, 0.15) is 113 Å². The summed E-state index contributed by atoms with van der Waals surface area (Å²) < 4.78 is 34.2. The standard InChI is InChI=1S/C37H46F2O/c1-3-7-28-14-19-33-25-32(21-20-31(33)24-28)29-15-10-26(11-16-29)8-5-6-9-27-12-17-30(18-13-27)34-22-23-35(40-4-2)37(39)36(34)38/h5,8,14,19-27,29-30H,3-4,6-7,9-13,15-18H2,1-2H3/b8-5+. The van der Waals surface area contributed by atoms with Crippen molar-refractivity contribution in [2.75, 3.05) is 6.61 Å². The second kappa shape index (κ2) is 13.8. The Balaban J connectivity index is 1.04. The molecule has 5 rings (SSSR count). The van der Waals surface area contributed by atoms with Gasteiger partial charge in [0.05, 0.1) is 6.61 Å². The Morgan fingerprint density at radius 2 is 1.50 bits per heavy atom. The number of aryl methyl sites for hydroxylation is 1. The minimum absolute atomic E-state index is 0.0206. The summed E-state index contributed by atoms with van der Waals surface area (Å²) in [6, 6.07) is 17.4. The van der Waals surface area contributed by atoms with Gasteiger partial charge in [-0.3, -0.25) is 0 Å². The molecule has 214 valence electrons. The Bertz CT molecular complexity index is 1280. The molecule has 0 saturated heterocycles. The molecule has 1 nitrogen and oxygen atoms in total. The quantitative estimate of drug-likeness (QED) is 0.231. The summed E-state index contributed by atoms with van der Waals surface area (Å²) in [5, 5.41) is 2.75. The van der Waals surface area contributed by atoms with Crippen LogP contribution in [0, 0.1) is 23.5 Å². The molecule has 0 bridgehead atoms. The van der Waals surface area contributed by atoms with Crippen LogP contribution in [0.25, 0.3) is 10.8 Å². The van der Waals surface area contributed by atoms with Gasteiger partial charge in [-0.05, 0) is 135 Å². The third-order valence-electron chi connectivity index (χ3n) is 9.52. The molecule has 3 aromatic rings. The molecule has 0 aromatic heterocycles. The van der Waals surface area contributed by atoms with Gasteiger partial charge >= 0.3 is 0 Å². The van der Waals surface area contributed by atoms with Crippen LogP contribution in [0.5, 0.6) is 5.75 Å². The van der Waals surface area contributed by atoms with Crippen LogP contribution < -0.4 is 4.74 Å². The van der Waals surface area contributed by atoms with E-state index in [1.54, 1.807) is 19.1 Å². The SMILES string of the molecule is CCCc1ccc2cc(C3CCC(/C=C/CCC4CCC(c5ccc(OCC)c(F)c5F)CC4)CC3)ccc2c1. The molecular formula is C37H46F2O. The molecule has 0 heterocycles. The average molecular weight is 545 g/mol. The molecule has 0 aliphatic heterocycles. The van der Waals surface area contributed by atoms with E-state index in [0.29, 0.717) is 29.9 Å². The van der Waals surface area contributed by atoms with Crippen LogP contribution in [0.3, 0.4) is 0 Å². The summed E-state index contributed by atoms with van der Waals surface area (Å²) in [4.78, 5) is 0. The van der Waals surface area contributed by atoms with Crippen molar-refractivity contribution >= 4 is 10.8 Å². The Morgan fingerprint density at radius 1 is 0.775 bits per heavy atom. The first-order chi connectivity index (χ1) is 19.6. The zero-order valence-electron chi connectivity index (χ0n) is 24.4. The lowest BCUT2D eigenvalue weighted by molar-refractivity contribution is 0.297. The molecule has 3 aromatic carbocycles. The van der Waals surface area contributed by atoms with Crippen LogP contribution in [-0.4, -0.2) is 6.61 Å². The first-order valence-electron chi connectivity index (χ1n) is 15.9. The van der Waals surface area contributed by atoms with Crippen LogP contribution in [0.2, 0.25) is 0 Å². The maximum atomic E-state index is 14.6. The van der Waals surface area contributed by atoms with Crippen molar-refractivity contribution in [2.45, 2.75) is 103 Å². The number of fused-ring (bicyclic) bond motifs is 1. The van der Waals surface area contributed by atoms with Crippen molar-refractivity contribution in [3.63, 3.8) is 0 Å². The largest absolute Gasteiger partial charge is 0.491 e. The number of hydrogen-bond donors (Lipinski definition) is 0. The van der Waals surface area contributed by atoms with Crippen molar-refractivity contribution in [3.05, 3.63) is 89.0 Å². The van der Waals surface area contributed by atoms with Gasteiger partial charge in [-0.25, -0.2) is 4.39 Å². The van der Waals surface area contributed by atoms with Gasteiger partial charge < -0.3 is 4.74 Å². The van der Waals surface area contributed by atoms with Crippen LogP contribution in [0.4, 0.5) is 8.78 Å². The Kier molecular flexibility index (Phi) is 9.94. The Hall–Kier alpha value is -2.68. The van der Waals surface area contributed by atoms with Gasteiger partial charge in [0.15, 0.2) is 11.6 Å². The highest BCUT2D eigenvalue weighted by atomic mass is 19.2. The predicted octanol–water partition coefficient (Wildman–Crippen LogP) is 11.1. The van der Waals surface area contributed by atoms with Crippen molar-refractivity contribution in [1.82, 2.24) is 0 Å². The molecule has 0 radical (unpaired) electrons. The van der Waals surface area contributed by atoms with Crippen LogP contribution in [-0.2, 0) is 6.42 Å². The molecular weight excluding hydrogens is 498 g/mol. The fourth-order valence-electron chi connectivity index (χ4n) is 7.17. The zero-order valence-corrected chi connectivity index (χ0v) is 24.4. The molecule has 0 N–H and O–H groups in total. The van der Waals surface area contributed by atoms with Crippen molar-refractivity contribution in [2.24, 2.45) is 11.8 Å². The zero-order chi connectivity index (χ0) is 27.9. The number of allylic oxidation sites excluding steroid dienone is 2. The van der Waals surface area contributed by atoms with Gasteiger partial charge in [0.2, 0.25) is 5.82 Å². The number of ether oxygens (including phenoxy) is 1. The molecule has 0 unspecified atom stereocenters. The van der Waals surface area contributed by atoms with E-state index in [1.807, 2.05) is 0 Å². The Morgan fingerprint density at radius 3 is 2.25 bits per heavy atom. The topological polar surface area (TPSA) is 9.23 Å². The monoisotopic (exact) mass is 544 g/mol. The molecule has 2 fully saturated rings. The fourth-order valence-corrected chi connectivity index (χ4v) is 7.17. The summed E-state index contributed by atoms with van der Waals surface area (Å²) in [7, 11) is 0. The van der Waals surface area contributed by atoms with Crippen LogP contribution in [0.15, 0.2) is 60.7 Å². The van der Waals surface area contributed by atoms with E-state index in [9.17, 15) is 8.78 Å². The van der Waals surface area contributed by atoms with E-state index < -0.39 is 11.6 Å². The van der Waals surface area contributed by atoms with Gasteiger partial charge in [0, 0.05) is 0 Å². The lowest BCUT2D eigenvalue weighted by Crippen LogP contribution is -2.15. The van der Waals surface area contributed by atoms with E-state index in [-0.39, 0.29) is 11.7 Å². The van der Waals surface area contributed by atoms with E-state index in [4.69, 9.17) is 4.74 Å². The maximum absolute atomic E-state index is 14.6. The van der Waals surface area contributed by atoms with Gasteiger partial charge in [-0.1, -0.05) is 68.0 Å². The summed E-state index contributed by atoms with van der Waals surface area (Å²) in [6.07, 6.45) is 18.8. The van der Waals surface area contributed by atoms with E-state index in [0.717, 1.165) is 38.5 Å². The molecule has 2 saturated carbocycles. The molecule has 0 spiro atoms. The number of benzene rings is 3. The third kappa shape index (κ3) is 6.96. The summed E-state index contributed by atoms with van der Waals surface area (Å²) in [6.45, 7) is 4.36. The molecule has 2 aliphatic carbocycles. The molecule has 2 aliphatic rings. The minimum Gasteiger partial charge on any atom is -0.491 e. The number of hydrogen-bond acceptors (Lipinski definition) is 1. The molecule has 40 heavy (non-hydrogen) atoms. The summed E-state index contributed by atoms with van der Waals surface area (Å²) in [5.41, 5.74) is 3.49. The summed E-state index contributed by atoms with van der Waals surface area (Å²) >= 11 is 0. The van der Waals surface area contributed by atoms with Gasteiger partial charge in [0.1, 0.15) is 0 Å². The third-order valence-corrected chi connectivity index (χ3v) is 9.52. The first-order valence-corrected chi connectivity index (χ1v) is 15.9. The highest BCUT2D eigenvalue weighted by Crippen LogP contribution is 2.41. The predicted molar refractivity (Wildman–Crippen MR) is 163 cm³/mol. The highest BCUT2D eigenvalue weighted by Gasteiger charge is 2.26. The average Bonchev–Trinajstić information content (AvgIpc) is 2.98. The van der Waals surface area contributed by atoms with E-state index in [1.165, 1.54) is 60.4 Å². The molecule has 0 amide bonds. The molecule has 0 atom stereocenters. The molecule has 3 heteroatoms. The van der Waals surface area contributed by atoms with Crippen molar-refractivity contribution < 1.29 is 13.5 Å². The lowest BCUT2D eigenvalue weighted by atomic mass is 9.76. The van der Waals surface area contributed by atoms with Crippen molar-refractivity contribution in [1.29, 1.82) is 0 Å². The summed E-state index contributed by atoms with van der Waals surface area (Å²) in [5.74, 6) is 0.681. The Labute approximate surface area is 240 Å². The second-order valence-electron chi connectivity index (χ2n) is 12.2. The fraction of sp³-hybridized carbons (Fsp3) is 0.514. The van der Waals surface area contributed by atoms with Crippen molar-refractivity contribution in [3.8, 4) is 5.75 Å². The second-order valence-corrected chi connectivity index (χ2v) is 12.2. The van der Waals surface area contributed by atoms with Gasteiger partial charge in [-0.15, -0.1) is 0 Å². The highest BCUT2D eigenvalue weighted by molar-refractivity contribution is 5.84. The van der Waals surface area contributed by atoms with Gasteiger partial charge in [-0.2, -0.15) is 4.39 Å². The smallest absolute Gasteiger partial charge is 0.200 e. The van der Waals surface area contributed by atoms with E-state index >= 15 is 0 Å². The minimum atomic E-state index is -0.834.